The topological polar surface area (TPSA) is 72.9 Å². The SMILES string of the molecule is C[C@H](Oc1ccc(F)cc1)C(=O)OCC(=O)c1ccc2c(c1)CC(=O)N2C. The minimum Gasteiger partial charge on any atom is -0.479 e. The van der Waals surface area contributed by atoms with E-state index in [9.17, 15) is 18.8 Å². The van der Waals surface area contributed by atoms with Crippen molar-refractivity contribution in [1.82, 2.24) is 0 Å². The van der Waals surface area contributed by atoms with E-state index in [1.54, 1.807) is 25.2 Å². The van der Waals surface area contributed by atoms with Gasteiger partial charge in [0.2, 0.25) is 5.91 Å². The van der Waals surface area contributed by atoms with Crippen LogP contribution in [-0.4, -0.2) is 37.4 Å². The molecule has 0 aromatic heterocycles. The minimum absolute atomic E-state index is 0.0345. The molecule has 0 spiro atoms. The van der Waals surface area contributed by atoms with E-state index in [-0.39, 0.29) is 18.1 Å². The Morgan fingerprint density at radius 2 is 1.89 bits per heavy atom. The lowest BCUT2D eigenvalue weighted by Crippen LogP contribution is -2.28. The van der Waals surface area contributed by atoms with Crippen molar-refractivity contribution in [2.75, 3.05) is 18.6 Å². The number of rotatable bonds is 6. The van der Waals surface area contributed by atoms with E-state index in [0.29, 0.717) is 11.3 Å². The molecule has 3 rings (SSSR count). The molecule has 0 bridgehead atoms. The van der Waals surface area contributed by atoms with E-state index in [1.807, 2.05) is 0 Å². The Hall–Kier alpha value is -3.22. The predicted octanol–water partition coefficient (Wildman–Crippen LogP) is 2.54. The third-order valence-corrected chi connectivity index (χ3v) is 4.28. The highest BCUT2D eigenvalue weighted by molar-refractivity contribution is 6.04. The van der Waals surface area contributed by atoms with Crippen LogP contribution in [0.25, 0.3) is 0 Å². The minimum atomic E-state index is -0.949. The molecule has 1 atom stereocenters. The molecule has 0 saturated carbocycles. The highest BCUT2D eigenvalue weighted by atomic mass is 19.1. The first kappa shape index (κ1) is 18.6. The van der Waals surface area contributed by atoms with Gasteiger partial charge in [-0.3, -0.25) is 9.59 Å². The van der Waals surface area contributed by atoms with Crippen molar-refractivity contribution in [2.24, 2.45) is 0 Å². The highest BCUT2D eigenvalue weighted by Gasteiger charge is 2.25. The lowest BCUT2D eigenvalue weighted by molar-refractivity contribution is -0.149. The third kappa shape index (κ3) is 4.13. The molecule has 7 heteroatoms. The molecule has 2 aromatic rings. The van der Waals surface area contributed by atoms with Crippen molar-refractivity contribution < 1.29 is 28.2 Å². The van der Waals surface area contributed by atoms with Crippen LogP contribution in [0.5, 0.6) is 5.75 Å². The van der Waals surface area contributed by atoms with Gasteiger partial charge in [-0.05, 0) is 55.0 Å². The largest absolute Gasteiger partial charge is 0.479 e. The van der Waals surface area contributed by atoms with Gasteiger partial charge in [-0.25, -0.2) is 9.18 Å². The fraction of sp³-hybridized carbons (Fsp3) is 0.250. The average Bonchev–Trinajstić information content (AvgIpc) is 2.94. The Morgan fingerprint density at radius 3 is 2.59 bits per heavy atom. The number of esters is 1. The lowest BCUT2D eigenvalue weighted by atomic mass is 10.1. The number of halogens is 1. The molecule has 0 fully saturated rings. The molecule has 0 unspecified atom stereocenters. The van der Waals surface area contributed by atoms with E-state index >= 15 is 0 Å². The van der Waals surface area contributed by atoms with Gasteiger partial charge < -0.3 is 14.4 Å². The van der Waals surface area contributed by atoms with Crippen molar-refractivity contribution in [1.29, 1.82) is 0 Å². The Labute approximate surface area is 155 Å². The second-order valence-electron chi connectivity index (χ2n) is 6.22. The number of nitrogens with zero attached hydrogens (tertiary/aromatic N) is 1. The van der Waals surface area contributed by atoms with Crippen LogP contribution in [0, 0.1) is 5.82 Å². The number of ether oxygens (including phenoxy) is 2. The Balaban J connectivity index is 1.56. The second kappa shape index (κ2) is 7.57. The number of anilines is 1. The first-order valence-electron chi connectivity index (χ1n) is 8.36. The van der Waals surface area contributed by atoms with Crippen LogP contribution < -0.4 is 9.64 Å². The van der Waals surface area contributed by atoms with Gasteiger partial charge in [-0.2, -0.15) is 0 Å². The number of carbonyl (C=O) groups excluding carboxylic acids is 3. The van der Waals surface area contributed by atoms with E-state index in [1.165, 1.54) is 36.1 Å². The summed E-state index contributed by atoms with van der Waals surface area (Å²) in [6.45, 7) is 1.05. The zero-order chi connectivity index (χ0) is 19.6. The van der Waals surface area contributed by atoms with Crippen molar-refractivity contribution in [2.45, 2.75) is 19.4 Å². The molecule has 0 aliphatic carbocycles. The third-order valence-electron chi connectivity index (χ3n) is 4.28. The van der Waals surface area contributed by atoms with Crippen molar-refractivity contribution in [3.63, 3.8) is 0 Å². The van der Waals surface area contributed by atoms with Gasteiger partial charge in [0.25, 0.3) is 0 Å². The summed E-state index contributed by atoms with van der Waals surface area (Å²) in [5.74, 6) is -1.20. The molecular formula is C20H18FNO5. The van der Waals surface area contributed by atoms with Crippen molar-refractivity contribution >= 4 is 23.3 Å². The molecule has 1 heterocycles. The molecule has 1 aliphatic heterocycles. The van der Waals surface area contributed by atoms with Gasteiger partial charge >= 0.3 is 5.97 Å². The number of ketones is 1. The van der Waals surface area contributed by atoms with Crippen LogP contribution in [0.4, 0.5) is 10.1 Å². The average molecular weight is 371 g/mol. The molecule has 0 N–H and O–H groups in total. The Kier molecular flexibility index (Phi) is 5.21. The zero-order valence-corrected chi connectivity index (χ0v) is 14.9. The van der Waals surface area contributed by atoms with Gasteiger partial charge in [0, 0.05) is 18.3 Å². The van der Waals surface area contributed by atoms with Gasteiger partial charge in [-0.15, -0.1) is 0 Å². The summed E-state index contributed by atoms with van der Waals surface area (Å²) >= 11 is 0. The number of hydrogen-bond acceptors (Lipinski definition) is 5. The van der Waals surface area contributed by atoms with E-state index in [0.717, 1.165) is 11.3 Å². The molecule has 6 nitrogen and oxygen atoms in total. The number of carbonyl (C=O) groups is 3. The first-order chi connectivity index (χ1) is 12.8. The maximum Gasteiger partial charge on any atom is 0.347 e. The van der Waals surface area contributed by atoms with Crippen LogP contribution in [0.2, 0.25) is 0 Å². The summed E-state index contributed by atoms with van der Waals surface area (Å²) in [7, 11) is 1.68. The summed E-state index contributed by atoms with van der Waals surface area (Å²) in [5, 5.41) is 0. The number of amides is 1. The smallest absolute Gasteiger partial charge is 0.347 e. The summed E-state index contributed by atoms with van der Waals surface area (Å²) in [5.41, 5.74) is 1.92. The number of likely N-dealkylation sites (N-methyl/N-ethyl adjacent to an activating group) is 1. The normalized spacial score (nSPS) is 13.9. The van der Waals surface area contributed by atoms with Gasteiger partial charge in [-0.1, -0.05) is 0 Å². The fourth-order valence-electron chi connectivity index (χ4n) is 2.75. The molecule has 27 heavy (non-hydrogen) atoms. The van der Waals surface area contributed by atoms with Crippen LogP contribution in [0.15, 0.2) is 42.5 Å². The Bertz CT molecular complexity index is 894. The lowest BCUT2D eigenvalue weighted by Gasteiger charge is -2.14. The molecule has 2 aromatic carbocycles. The van der Waals surface area contributed by atoms with Crippen LogP contribution in [0.1, 0.15) is 22.8 Å². The fourth-order valence-corrected chi connectivity index (χ4v) is 2.75. The van der Waals surface area contributed by atoms with Crippen molar-refractivity contribution in [3.05, 3.63) is 59.4 Å². The standard InChI is InChI=1S/C20H18FNO5/c1-12(27-16-6-4-15(21)5-7-16)20(25)26-11-18(23)13-3-8-17-14(9-13)10-19(24)22(17)2/h3-9,12H,10-11H2,1-2H3/t12-/m0/s1. The van der Waals surface area contributed by atoms with Gasteiger partial charge in [0.05, 0.1) is 6.42 Å². The summed E-state index contributed by atoms with van der Waals surface area (Å²) in [6, 6.07) is 10.2. The molecule has 1 aliphatic rings. The van der Waals surface area contributed by atoms with Crippen LogP contribution >= 0.6 is 0 Å². The number of Topliss-reactive ketones (excluding diaryl/α,β-unsaturated/α-hetero) is 1. The molecule has 1 amide bonds. The summed E-state index contributed by atoms with van der Waals surface area (Å²) in [4.78, 5) is 37.5. The number of fused-ring (bicyclic) bond motifs is 1. The quantitative estimate of drug-likeness (QED) is 0.576. The van der Waals surface area contributed by atoms with E-state index in [2.05, 4.69) is 0 Å². The Morgan fingerprint density at radius 1 is 1.19 bits per heavy atom. The molecule has 0 saturated heterocycles. The van der Waals surface area contributed by atoms with Crippen LogP contribution in [-0.2, 0) is 20.7 Å². The van der Waals surface area contributed by atoms with Gasteiger partial charge in [0.15, 0.2) is 18.5 Å². The highest BCUT2D eigenvalue weighted by Crippen LogP contribution is 2.28. The van der Waals surface area contributed by atoms with E-state index in [4.69, 9.17) is 9.47 Å². The molecule has 140 valence electrons. The second-order valence-corrected chi connectivity index (χ2v) is 6.22. The summed E-state index contributed by atoms with van der Waals surface area (Å²) in [6.07, 6.45) is -0.704. The van der Waals surface area contributed by atoms with Crippen molar-refractivity contribution in [3.8, 4) is 5.75 Å². The maximum atomic E-state index is 12.9. The summed E-state index contributed by atoms with van der Waals surface area (Å²) < 4.78 is 23.2. The van der Waals surface area contributed by atoms with E-state index < -0.39 is 24.5 Å². The van der Waals surface area contributed by atoms with Gasteiger partial charge in [0.1, 0.15) is 11.6 Å². The maximum absolute atomic E-state index is 12.9. The monoisotopic (exact) mass is 371 g/mol. The number of hydrogen-bond donors (Lipinski definition) is 0. The molecular weight excluding hydrogens is 353 g/mol. The predicted molar refractivity (Wildman–Crippen MR) is 95.3 cm³/mol. The number of benzene rings is 2. The van der Waals surface area contributed by atoms with Crippen LogP contribution in [0.3, 0.4) is 0 Å². The zero-order valence-electron chi connectivity index (χ0n) is 14.9. The first-order valence-corrected chi connectivity index (χ1v) is 8.36. The molecule has 0 radical (unpaired) electrons.